The van der Waals surface area contributed by atoms with Crippen molar-refractivity contribution in [3.63, 3.8) is 0 Å². The highest BCUT2D eigenvalue weighted by Crippen LogP contribution is 2.20. The highest BCUT2D eigenvalue weighted by molar-refractivity contribution is 7.91. The molecule has 1 fully saturated rings. The molecule has 0 spiro atoms. The Kier molecular flexibility index (Phi) is 3.15. The van der Waals surface area contributed by atoms with Crippen LogP contribution in [0.2, 0.25) is 0 Å². The predicted molar refractivity (Wildman–Crippen MR) is 61.8 cm³/mol. The lowest BCUT2D eigenvalue weighted by Crippen LogP contribution is -2.23. The molecule has 1 N–H and O–H groups in total. The van der Waals surface area contributed by atoms with Crippen LogP contribution in [0, 0.1) is 11.7 Å². The van der Waals surface area contributed by atoms with Crippen LogP contribution < -0.4 is 5.32 Å². The summed E-state index contributed by atoms with van der Waals surface area (Å²) < 4.78 is 35.3. The Morgan fingerprint density at radius 3 is 2.76 bits per heavy atom. The number of halogens is 1. The van der Waals surface area contributed by atoms with Crippen molar-refractivity contribution < 1.29 is 17.6 Å². The average molecular weight is 257 g/mol. The summed E-state index contributed by atoms with van der Waals surface area (Å²) in [6, 6.07) is 5.51. The van der Waals surface area contributed by atoms with Crippen LogP contribution in [0.15, 0.2) is 24.3 Å². The molecule has 1 aromatic carbocycles. The summed E-state index contributed by atoms with van der Waals surface area (Å²) >= 11 is 0. The van der Waals surface area contributed by atoms with Gasteiger partial charge in [-0.15, -0.1) is 0 Å². The normalized spacial score (nSPS) is 22.3. The number of anilines is 1. The first-order chi connectivity index (χ1) is 7.96. The molecule has 0 radical (unpaired) electrons. The fraction of sp³-hybridized carbons (Fsp3) is 0.364. The Bertz CT molecular complexity index is 541. The molecule has 1 saturated heterocycles. The number of hydrogen-bond acceptors (Lipinski definition) is 3. The van der Waals surface area contributed by atoms with Crippen LogP contribution in [0.25, 0.3) is 0 Å². The first kappa shape index (κ1) is 12.0. The standard InChI is InChI=1S/C11H12FNO3S/c12-9-2-1-3-10(6-9)13-11(14)8-4-5-17(15,16)7-8/h1-3,6,8H,4-5,7H2,(H,13,14)/t8-/m0/s1. The largest absolute Gasteiger partial charge is 0.326 e. The SMILES string of the molecule is O=C(Nc1cccc(F)c1)[C@H]1CCS(=O)(=O)C1. The van der Waals surface area contributed by atoms with Crippen LogP contribution in [0.5, 0.6) is 0 Å². The molecular weight excluding hydrogens is 245 g/mol. The van der Waals surface area contributed by atoms with Gasteiger partial charge in [0.15, 0.2) is 9.84 Å². The summed E-state index contributed by atoms with van der Waals surface area (Å²) in [6.07, 6.45) is 0.337. The van der Waals surface area contributed by atoms with Gasteiger partial charge in [-0.2, -0.15) is 0 Å². The van der Waals surface area contributed by atoms with Gasteiger partial charge in [-0.05, 0) is 24.6 Å². The summed E-state index contributed by atoms with van der Waals surface area (Å²) in [4.78, 5) is 11.7. The van der Waals surface area contributed by atoms with E-state index < -0.39 is 21.6 Å². The van der Waals surface area contributed by atoms with E-state index in [4.69, 9.17) is 0 Å². The number of benzene rings is 1. The molecule has 1 aliphatic heterocycles. The van der Waals surface area contributed by atoms with E-state index in [1.807, 2.05) is 0 Å². The molecule has 92 valence electrons. The fourth-order valence-electron chi connectivity index (χ4n) is 1.81. The molecule has 1 atom stereocenters. The van der Waals surface area contributed by atoms with Gasteiger partial charge in [-0.25, -0.2) is 12.8 Å². The molecule has 2 rings (SSSR count). The van der Waals surface area contributed by atoms with Gasteiger partial charge in [-0.3, -0.25) is 4.79 Å². The van der Waals surface area contributed by atoms with Gasteiger partial charge < -0.3 is 5.32 Å². The average Bonchev–Trinajstić information content (AvgIpc) is 2.59. The minimum absolute atomic E-state index is 0.0498. The summed E-state index contributed by atoms with van der Waals surface area (Å²) in [5.74, 6) is -1.40. The molecule has 1 aliphatic rings. The summed E-state index contributed by atoms with van der Waals surface area (Å²) in [6.45, 7) is 0. The molecule has 1 aromatic rings. The van der Waals surface area contributed by atoms with Gasteiger partial charge in [0.05, 0.1) is 17.4 Å². The zero-order valence-corrected chi connectivity index (χ0v) is 9.84. The first-order valence-electron chi connectivity index (χ1n) is 5.23. The highest BCUT2D eigenvalue weighted by Gasteiger charge is 2.32. The summed E-state index contributed by atoms with van der Waals surface area (Å²) in [5.41, 5.74) is 0.347. The third kappa shape index (κ3) is 3.03. The van der Waals surface area contributed by atoms with E-state index in [-0.39, 0.29) is 17.4 Å². The maximum atomic E-state index is 12.9. The number of amides is 1. The minimum atomic E-state index is -3.08. The van der Waals surface area contributed by atoms with Crippen LogP contribution >= 0.6 is 0 Å². The maximum Gasteiger partial charge on any atom is 0.228 e. The van der Waals surface area contributed by atoms with Crippen molar-refractivity contribution in [2.24, 2.45) is 5.92 Å². The van der Waals surface area contributed by atoms with Gasteiger partial charge in [0.1, 0.15) is 5.82 Å². The van der Waals surface area contributed by atoms with Crippen LogP contribution in [-0.2, 0) is 14.6 Å². The molecule has 1 heterocycles. The Morgan fingerprint density at radius 1 is 1.41 bits per heavy atom. The van der Waals surface area contributed by atoms with Crippen molar-refractivity contribution in [1.29, 1.82) is 0 Å². The van der Waals surface area contributed by atoms with E-state index in [9.17, 15) is 17.6 Å². The lowest BCUT2D eigenvalue weighted by atomic mass is 10.1. The number of nitrogens with one attached hydrogen (secondary N) is 1. The zero-order chi connectivity index (χ0) is 12.5. The molecule has 4 nitrogen and oxygen atoms in total. The van der Waals surface area contributed by atoms with Crippen molar-refractivity contribution in [2.45, 2.75) is 6.42 Å². The van der Waals surface area contributed by atoms with E-state index in [2.05, 4.69) is 5.32 Å². The van der Waals surface area contributed by atoms with Crippen LogP contribution in [0.3, 0.4) is 0 Å². The van der Waals surface area contributed by atoms with Gasteiger partial charge in [0.2, 0.25) is 5.91 Å². The van der Waals surface area contributed by atoms with Crippen LogP contribution in [0.4, 0.5) is 10.1 Å². The Hall–Kier alpha value is -1.43. The molecule has 0 unspecified atom stereocenters. The molecule has 0 saturated carbocycles. The smallest absolute Gasteiger partial charge is 0.228 e. The first-order valence-corrected chi connectivity index (χ1v) is 7.05. The Morgan fingerprint density at radius 2 is 2.18 bits per heavy atom. The van der Waals surface area contributed by atoms with E-state index in [0.717, 1.165) is 0 Å². The summed E-state index contributed by atoms with van der Waals surface area (Å²) in [5, 5.41) is 2.52. The topological polar surface area (TPSA) is 63.2 Å². The molecule has 17 heavy (non-hydrogen) atoms. The Balaban J connectivity index is 2.03. The van der Waals surface area contributed by atoms with E-state index in [1.54, 1.807) is 6.07 Å². The van der Waals surface area contributed by atoms with Crippen LogP contribution in [0.1, 0.15) is 6.42 Å². The van der Waals surface area contributed by atoms with Crippen LogP contribution in [-0.4, -0.2) is 25.8 Å². The molecule has 1 amide bonds. The molecule has 0 aliphatic carbocycles. The van der Waals surface area contributed by atoms with E-state index in [0.29, 0.717) is 12.1 Å². The van der Waals surface area contributed by atoms with Crippen molar-refractivity contribution >= 4 is 21.4 Å². The lowest BCUT2D eigenvalue weighted by Gasteiger charge is -2.09. The molecule has 6 heteroatoms. The Labute approximate surface area is 98.8 Å². The molecular formula is C11H12FNO3S. The second-order valence-corrected chi connectivity index (χ2v) is 6.33. The van der Waals surface area contributed by atoms with Crippen molar-refractivity contribution in [3.8, 4) is 0 Å². The van der Waals surface area contributed by atoms with Crippen molar-refractivity contribution in [2.75, 3.05) is 16.8 Å². The number of carbonyl (C=O) groups excluding carboxylic acids is 1. The number of hydrogen-bond donors (Lipinski definition) is 1. The van der Waals surface area contributed by atoms with Gasteiger partial charge in [0.25, 0.3) is 0 Å². The quantitative estimate of drug-likeness (QED) is 0.865. The number of carbonyl (C=O) groups is 1. The second-order valence-electron chi connectivity index (χ2n) is 4.10. The van der Waals surface area contributed by atoms with E-state index >= 15 is 0 Å². The highest BCUT2D eigenvalue weighted by atomic mass is 32.2. The number of sulfone groups is 1. The van der Waals surface area contributed by atoms with Gasteiger partial charge in [0, 0.05) is 5.69 Å². The third-order valence-corrected chi connectivity index (χ3v) is 4.46. The third-order valence-electron chi connectivity index (χ3n) is 2.70. The minimum Gasteiger partial charge on any atom is -0.326 e. The lowest BCUT2D eigenvalue weighted by molar-refractivity contribution is -0.119. The molecule has 0 aromatic heterocycles. The van der Waals surface area contributed by atoms with Crippen molar-refractivity contribution in [1.82, 2.24) is 0 Å². The fourth-order valence-corrected chi connectivity index (χ4v) is 3.55. The summed E-state index contributed by atoms with van der Waals surface area (Å²) in [7, 11) is -3.08. The predicted octanol–water partition coefficient (Wildman–Crippen LogP) is 1.20. The van der Waals surface area contributed by atoms with Crippen molar-refractivity contribution in [3.05, 3.63) is 30.1 Å². The maximum absolute atomic E-state index is 12.9. The van der Waals surface area contributed by atoms with E-state index in [1.165, 1.54) is 18.2 Å². The number of rotatable bonds is 2. The van der Waals surface area contributed by atoms with Gasteiger partial charge >= 0.3 is 0 Å². The zero-order valence-electron chi connectivity index (χ0n) is 9.02. The monoisotopic (exact) mass is 257 g/mol. The molecule has 0 bridgehead atoms. The van der Waals surface area contributed by atoms with Gasteiger partial charge in [-0.1, -0.05) is 6.07 Å². The second kappa shape index (κ2) is 4.44.